The Morgan fingerprint density at radius 3 is 2.80 bits per heavy atom. The third-order valence-corrected chi connectivity index (χ3v) is 2.95. The minimum absolute atomic E-state index is 1.02. The Hall–Kier alpha value is 0.0649. The van der Waals surface area contributed by atoms with Crippen LogP contribution in [0.5, 0.6) is 0 Å². The first kappa shape index (κ1) is 8.16. The molecule has 0 spiro atoms. The maximum absolute atomic E-state index is 2.43. The monoisotopic (exact) mass is 138 g/mol. The van der Waals surface area contributed by atoms with Crippen molar-refractivity contribution in [3.63, 3.8) is 0 Å². The minimum Gasteiger partial charge on any atom is -0.0859 e. The van der Waals surface area contributed by atoms with Crippen LogP contribution in [-0.2, 0) is 0 Å². The first-order valence-corrected chi connectivity index (χ1v) is 4.84. The van der Waals surface area contributed by atoms with E-state index >= 15 is 0 Å². The Morgan fingerprint density at radius 2 is 2.20 bits per heavy atom. The second-order valence-corrected chi connectivity index (χ2v) is 3.81. The van der Waals surface area contributed by atoms with Crippen molar-refractivity contribution in [3.8, 4) is 0 Å². The van der Waals surface area contributed by atoms with Crippen molar-refractivity contribution in [1.29, 1.82) is 0 Å². The van der Waals surface area contributed by atoms with Crippen LogP contribution in [-0.4, -0.2) is 6.71 Å². The molecule has 0 aromatic heterocycles. The Morgan fingerprint density at radius 1 is 1.40 bits per heavy atom. The van der Waals surface area contributed by atoms with Gasteiger partial charge in [-0.1, -0.05) is 58.0 Å². The van der Waals surface area contributed by atoms with E-state index in [1.807, 2.05) is 0 Å². The Balaban J connectivity index is 2.25. The van der Waals surface area contributed by atoms with Gasteiger partial charge in [-0.25, -0.2) is 0 Å². The number of rotatable bonds is 2. The lowest BCUT2D eigenvalue weighted by atomic mass is 9.36. The molecule has 1 aliphatic rings. The van der Waals surface area contributed by atoms with Gasteiger partial charge in [0.2, 0.25) is 0 Å². The van der Waals surface area contributed by atoms with Gasteiger partial charge < -0.3 is 0 Å². The summed E-state index contributed by atoms with van der Waals surface area (Å²) in [6.45, 7) is 5.76. The molecule has 0 radical (unpaired) electrons. The summed E-state index contributed by atoms with van der Waals surface area (Å²) in [6, 6.07) is 0. The first-order chi connectivity index (χ1) is 4.84. The van der Waals surface area contributed by atoms with Crippen LogP contribution >= 0.6 is 0 Å². The van der Waals surface area contributed by atoms with Crippen LogP contribution in [0.4, 0.5) is 0 Å². The maximum atomic E-state index is 2.43. The van der Waals surface area contributed by atoms with Crippen molar-refractivity contribution in [2.75, 3.05) is 0 Å². The van der Waals surface area contributed by atoms with E-state index in [0.29, 0.717) is 0 Å². The second-order valence-electron chi connectivity index (χ2n) is 3.81. The lowest BCUT2D eigenvalue weighted by Crippen LogP contribution is -2.20. The van der Waals surface area contributed by atoms with E-state index in [1.165, 1.54) is 38.4 Å². The summed E-state index contributed by atoms with van der Waals surface area (Å²) < 4.78 is 0. The van der Waals surface area contributed by atoms with Crippen LogP contribution < -0.4 is 0 Å². The molecule has 10 heavy (non-hydrogen) atoms. The molecule has 0 aromatic carbocycles. The molecule has 0 N–H and O–H groups in total. The molecule has 0 saturated carbocycles. The van der Waals surface area contributed by atoms with Gasteiger partial charge in [0.05, 0.1) is 0 Å². The van der Waals surface area contributed by atoms with E-state index in [2.05, 4.69) is 13.7 Å². The average Bonchev–Trinajstić information content (AvgIpc) is 1.94. The number of hydrogen-bond donors (Lipinski definition) is 0. The van der Waals surface area contributed by atoms with Crippen molar-refractivity contribution in [2.24, 2.45) is 0 Å². The summed E-state index contributed by atoms with van der Waals surface area (Å²) >= 11 is 0. The Kier molecular flexibility index (Phi) is 3.31. The normalized spacial score (nSPS) is 27.0. The number of hydrogen-bond acceptors (Lipinski definition) is 0. The van der Waals surface area contributed by atoms with Crippen molar-refractivity contribution >= 4 is 6.71 Å². The Bertz CT molecular complexity index is 88.7. The zero-order chi connectivity index (χ0) is 7.40. The molecule has 1 heterocycles. The summed E-state index contributed by atoms with van der Waals surface area (Å²) in [5.41, 5.74) is 0. The van der Waals surface area contributed by atoms with Crippen LogP contribution in [0.3, 0.4) is 0 Å². The fourth-order valence-electron chi connectivity index (χ4n) is 2.19. The van der Waals surface area contributed by atoms with E-state index < -0.39 is 0 Å². The SMILES string of the molecule is CCCC1CCCCB1C. The fraction of sp³-hybridized carbons (Fsp3) is 1.00. The minimum atomic E-state index is 1.02. The predicted molar refractivity (Wildman–Crippen MR) is 48.9 cm³/mol. The van der Waals surface area contributed by atoms with Gasteiger partial charge in [0.25, 0.3) is 0 Å². The zero-order valence-corrected chi connectivity index (χ0v) is 7.40. The fourth-order valence-corrected chi connectivity index (χ4v) is 2.19. The highest BCUT2D eigenvalue weighted by atomic mass is 14.1. The lowest BCUT2D eigenvalue weighted by molar-refractivity contribution is 0.580. The quantitative estimate of drug-likeness (QED) is 0.512. The van der Waals surface area contributed by atoms with Crippen molar-refractivity contribution < 1.29 is 0 Å². The van der Waals surface area contributed by atoms with E-state index in [4.69, 9.17) is 0 Å². The molecule has 0 bridgehead atoms. The largest absolute Gasteiger partial charge is 0.139 e. The first-order valence-electron chi connectivity index (χ1n) is 4.84. The molecule has 0 nitrogen and oxygen atoms in total. The van der Waals surface area contributed by atoms with Gasteiger partial charge in [0, 0.05) is 0 Å². The summed E-state index contributed by atoms with van der Waals surface area (Å²) in [7, 11) is 0. The predicted octanol–water partition coefficient (Wildman–Crippen LogP) is 3.47. The highest BCUT2D eigenvalue weighted by molar-refractivity contribution is 6.59. The summed E-state index contributed by atoms with van der Waals surface area (Å²) in [5.74, 6) is 1.07. The second kappa shape index (κ2) is 4.05. The summed E-state index contributed by atoms with van der Waals surface area (Å²) in [5, 5.41) is 0. The van der Waals surface area contributed by atoms with Gasteiger partial charge in [0.15, 0.2) is 0 Å². The maximum Gasteiger partial charge on any atom is 0.139 e. The molecule has 1 saturated heterocycles. The average molecular weight is 138 g/mol. The van der Waals surface area contributed by atoms with Gasteiger partial charge in [-0.05, 0) is 0 Å². The van der Waals surface area contributed by atoms with E-state index in [-0.39, 0.29) is 0 Å². The third-order valence-electron chi connectivity index (χ3n) is 2.95. The van der Waals surface area contributed by atoms with Crippen LogP contribution in [0.1, 0.15) is 39.0 Å². The molecular formula is C9H19B. The molecule has 0 aliphatic carbocycles. The van der Waals surface area contributed by atoms with Crippen LogP contribution in [0.2, 0.25) is 19.0 Å². The third kappa shape index (κ3) is 2.03. The molecule has 0 aromatic rings. The lowest BCUT2D eigenvalue weighted by Gasteiger charge is -2.25. The molecule has 1 aliphatic heterocycles. The molecule has 58 valence electrons. The van der Waals surface area contributed by atoms with Gasteiger partial charge in [-0.3, -0.25) is 0 Å². The topological polar surface area (TPSA) is 0 Å². The van der Waals surface area contributed by atoms with Gasteiger partial charge in [0.1, 0.15) is 6.71 Å². The summed E-state index contributed by atoms with van der Waals surface area (Å²) in [6.07, 6.45) is 8.84. The standard InChI is InChI=1S/C9H19B/c1-3-6-9-7-4-5-8-10(9)2/h9H,3-8H2,1-2H3. The van der Waals surface area contributed by atoms with Gasteiger partial charge in [-0.15, -0.1) is 0 Å². The molecule has 1 atom stereocenters. The molecular weight excluding hydrogens is 119 g/mol. The van der Waals surface area contributed by atoms with Crippen molar-refractivity contribution in [3.05, 3.63) is 0 Å². The molecule has 1 unspecified atom stereocenters. The highest BCUT2D eigenvalue weighted by Crippen LogP contribution is 2.32. The smallest absolute Gasteiger partial charge is 0.0859 e. The van der Waals surface area contributed by atoms with Crippen LogP contribution in [0.25, 0.3) is 0 Å². The molecule has 1 fully saturated rings. The van der Waals surface area contributed by atoms with Crippen molar-refractivity contribution in [1.82, 2.24) is 0 Å². The van der Waals surface area contributed by atoms with E-state index in [0.717, 1.165) is 12.5 Å². The molecule has 1 heteroatoms. The van der Waals surface area contributed by atoms with Crippen LogP contribution in [0, 0.1) is 0 Å². The van der Waals surface area contributed by atoms with Crippen molar-refractivity contribution in [2.45, 2.75) is 58.0 Å². The molecule has 0 amide bonds. The zero-order valence-electron chi connectivity index (χ0n) is 7.40. The van der Waals surface area contributed by atoms with Gasteiger partial charge in [-0.2, -0.15) is 0 Å². The van der Waals surface area contributed by atoms with Crippen LogP contribution in [0.15, 0.2) is 0 Å². The highest BCUT2D eigenvalue weighted by Gasteiger charge is 2.22. The Labute approximate surface area is 65.5 Å². The summed E-state index contributed by atoms with van der Waals surface area (Å²) in [4.78, 5) is 0. The molecule has 1 rings (SSSR count). The van der Waals surface area contributed by atoms with E-state index in [1.54, 1.807) is 0 Å². The van der Waals surface area contributed by atoms with E-state index in [9.17, 15) is 0 Å². The van der Waals surface area contributed by atoms with Gasteiger partial charge >= 0.3 is 0 Å².